The molecule has 0 amide bonds. The zero-order valence-electron chi connectivity index (χ0n) is 88.6. The summed E-state index contributed by atoms with van der Waals surface area (Å²) in [6, 6.07) is 0. The predicted molar refractivity (Wildman–Crippen MR) is 637 cm³/mol. The Bertz CT molecular complexity index is 4310. The summed E-state index contributed by atoms with van der Waals surface area (Å²) in [7, 11) is -0.0289. The standard InChI is InChI=1S/C37H62BINO6PSSi.C25H45BNO8PS2Si.C13H25BIO2PS.C13H23IO2.C13H21IO2.CH4/c1-23-16-28(14-15-42-38(47)48)43-29(17-23)18-30-19-31(46-49(9,10)37(6,7)8)20-34(44-30)32-22-41-35(40-32)13-11-12-33-26(4)25(3)27(5)36(45-33)24(2)21-39;1-17-10-18(8-9-31-26(36)37)33-19(11-17)12-20-13-21(35-39(6,7)25(2,3)4)14-23(34-20)22-15-30-24(27-22)16-32-38(5,28)29;1-8(7-15)13-11(4)9(2)10(3)12(17-13)5-6-16-14(18)19;2*1-8(7-14)13-11(4)9(2)10(3)12(16-13)5-6-15;/h11,13,21-22,25-31,33-34,36,48H,1,12,14-20,47H2,2-10H3;15,18-21,23,37H,1,8-14,16,36H2,2-7H3;7,9-13,19H,5-6,18H2,1-4H3;7,9-13,15H,5-6H2,1-4H3;6-7,9-13H,5H2,1-4H3;1H4/b13-11+,24-21+;;3*8-7+;/t25-,26+,27+,28-,29+,30+,31+,33+,34+,36-;18-,19+,20+,21+,23+;3*9-,10+,11+,12+,13-;/m00000./s1. The number of carbonyl (C=O) groups excluding carboxylic acids is 1. The second kappa shape index (κ2) is 62.9. The number of hydrogen-bond acceptors (Lipinski definition) is 25. The molecule has 8 aliphatic heterocycles. The Morgan fingerprint density at radius 3 is 1.17 bits per heavy atom. The van der Waals surface area contributed by atoms with Gasteiger partial charge in [-0.25, -0.2) is 9.97 Å². The zero-order chi connectivity index (χ0) is 104. The topological polar surface area (TPSA) is 253 Å². The van der Waals surface area contributed by atoms with E-state index < -0.39 is 26.8 Å². The number of nitrogens with zero attached hydrogens (tertiary/aromatic N) is 2. The first-order valence-electron chi connectivity index (χ1n) is 50.5. The van der Waals surface area contributed by atoms with Crippen LogP contribution in [0.4, 0.5) is 0 Å². The van der Waals surface area contributed by atoms with Crippen LogP contribution in [0.1, 0.15) is 298 Å². The van der Waals surface area contributed by atoms with E-state index in [4.69, 9.17) is 83.8 Å². The van der Waals surface area contributed by atoms with Crippen molar-refractivity contribution in [1.82, 2.24) is 9.97 Å². The number of carbonyl (C=O) groups is 1. The number of aldehydes is 1. The Morgan fingerprint density at radius 2 is 0.821 bits per heavy atom. The second-order valence-corrected chi connectivity index (χ2v) is 62.7. The molecule has 802 valence electrons. The van der Waals surface area contributed by atoms with Gasteiger partial charge in [0.25, 0.3) is 10.1 Å². The summed E-state index contributed by atoms with van der Waals surface area (Å²) < 4.78 is 130. The molecule has 8 aliphatic rings. The fourth-order valence-corrected chi connectivity index (χ4v) is 25.0. The number of oxazole rings is 2. The maximum atomic E-state index is 11.4. The summed E-state index contributed by atoms with van der Waals surface area (Å²) in [6.07, 6.45) is 23.0. The van der Waals surface area contributed by atoms with Crippen molar-refractivity contribution in [3.8, 4) is 0 Å². The molecule has 3 unspecified atom stereocenters. The Morgan fingerprint density at radius 1 is 0.486 bits per heavy atom. The van der Waals surface area contributed by atoms with Crippen molar-refractivity contribution in [3.05, 3.63) is 105 Å². The predicted octanol–water partition coefficient (Wildman–Crippen LogP) is 27.7. The van der Waals surface area contributed by atoms with E-state index in [1.54, 1.807) is 6.26 Å². The van der Waals surface area contributed by atoms with Crippen LogP contribution in [0.3, 0.4) is 0 Å². The van der Waals surface area contributed by atoms with Gasteiger partial charge in [0.15, 0.2) is 16.6 Å². The molecule has 2 aromatic heterocycles. The maximum Gasteiger partial charge on any atom is 0.380 e. The molecule has 38 heteroatoms. The summed E-state index contributed by atoms with van der Waals surface area (Å²) in [6.45, 7) is 69.2. The van der Waals surface area contributed by atoms with Gasteiger partial charge < -0.3 is 79.4 Å². The van der Waals surface area contributed by atoms with Crippen LogP contribution in [-0.4, -0.2) is 195 Å². The number of halogens is 4. The van der Waals surface area contributed by atoms with Gasteiger partial charge in [-0.1, -0.05) is 253 Å². The third-order valence-electron chi connectivity index (χ3n) is 31.5. The van der Waals surface area contributed by atoms with E-state index in [0.29, 0.717) is 122 Å². The molecule has 10 heterocycles. The minimum atomic E-state index is -3.61. The number of aromatic nitrogens is 2. The molecule has 10 rings (SSSR count). The van der Waals surface area contributed by atoms with Gasteiger partial charge in [-0.2, -0.15) is 45.9 Å². The molecular weight excluding hydrogens is 2390 g/mol. The first-order chi connectivity index (χ1) is 64.9. The van der Waals surface area contributed by atoms with Crippen LogP contribution < -0.4 is 0 Å². The minimum absolute atomic E-state index is 0. The van der Waals surface area contributed by atoms with Crippen LogP contribution in [-0.2, 0) is 86.4 Å². The van der Waals surface area contributed by atoms with Crippen LogP contribution in [0.2, 0.25) is 36.3 Å². The fraction of sp³-hybridized carbons (Fsp3) is 0.794. The molecule has 0 bridgehead atoms. The van der Waals surface area contributed by atoms with E-state index in [1.807, 2.05) is 6.08 Å². The van der Waals surface area contributed by atoms with Crippen LogP contribution in [0.25, 0.3) is 6.08 Å². The molecule has 0 saturated carbocycles. The molecule has 2 aromatic rings. The van der Waals surface area contributed by atoms with Crippen molar-refractivity contribution in [2.45, 2.75) is 415 Å². The Hall–Kier alpha value is 1.51. The van der Waals surface area contributed by atoms with E-state index >= 15 is 0 Å². The lowest BCUT2D eigenvalue weighted by atomic mass is 9.74. The Labute approximate surface area is 928 Å². The molecule has 0 aliphatic carbocycles. The van der Waals surface area contributed by atoms with Gasteiger partial charge in [-0.15, -0.1) is 27.4 Å². The van der Waals surface area contributed by atoms with Crippen LogP contribution >= 0.6 is 155 Å². The van der Waals surface area contributed by atoms with Crippen LogP contribution in [0.5, 0.6) is 0 Å². The zero-order valence-corrected chi connectivity index (χ0v) is 106. The minimum Gasteiger partial charge on any atom is -0.446 e. The summed E-state index contributed by atoms with van der Waals surface area (Å²) >= 11 is 21.9. The highest BCUT2D eigenvalue weighted by Gasteiger charge is 2.49. The van der Waals surface area contributed by atoms with Crippen LogP contribution in [0.15, 0.2) is 90.4 Å². The quantitative estimate of drug-likeness (QED) is 0.00941. The molecule has 8 fully saturated rings. The molecule has 0 radical (unpaired) electrons. The molecule has 1 N–H and O–H groups in total. The van der Waals surface area contributed by atoms with Gasteiger partial charge in [0.1, 0.15) is 49.0 Å². The lowest BCUT2D eigenvalue weighted by Crippen LogP contribution is -2.47. The number of ether oxygens (including phenoxy) is 8. The number of thiol groups is 3. The van der Waals surface area contributed by atoms with Gasteiger partial charge >= 0.3 is 17.7 Å². The summed E-state index contributed by atoms with van der Waals surface area (Å²) in [4.78, 5) is 20.0. The Kier molecular flexibility index (Phi) is 59.3. The number of aliphatic hydroxyl groups is 1. The fourth-order valence-electron chi connectivity index (χ4n) is 19.8. The highest BCUT2D eigenvalue weighted by atomic mass is 127. The van der Waals surface area contributed by atoms with E-state index in [9.17, 15) is 13.2 Å². The van der Waals surface area contributed by atoms with Crippen molar-refractivity contribution in [2.75, 3.05) is 32.7 Å². The van der Waals surface area contributed by atoms with Gasteiger partial charge in [0.2, 0.25) is 11.8 Å². The van der Waals surface area contributed by atoms with E-state index in [2.05, 4.69) is 374 Å². The summed E-state index contributed by atoms with van der Waals surface area (Å²) in [5.74, 6) is 6.97. The third-order valence-corrected chi connectivity index (χ3v) is 46.1. The number of aliphatic hydroxyl groups excluding tert-OH is 1. The smallest absolute Gasteiger partial charge is 0.380 e. The third kappa shape index (κ3) is 42.3. The lowest BCUT2D eigenvalue weighted by Gasteiger charge is -2.44. The lowest BCUT2D eigenvalue weighted by molar-refractivity contribution is -0.131. The van der Waals surface area contributed by atoms with Crippen molar-refractivity contribution in [3.63, 3.8) is 0 Å². The highest BCUT2D eigenvalue weighted by molar-refractivity contribution is 14.1. The molecule has 33 atom stereocenters. The summed E-state index contributed by atoms with van der Waals surface area (Å²) in [5, 5.41) is 9.26. The van der Waals surface area contributed by atoms with Crippen molar-refractivity contribution in [2.24, 2.45) is 71.0 Å². The van der Waals surface area contributed by atoms with Gasteiger partial charge in [0.05, 0.1) is 104 Å². The van der Waals surface area contributed by atoms with Gasteiger partial charge in [-0.3, -0.25) is 4.18 Å². The van der Waals surface area contributed by atoms with Crippen molar-refractivity contribution >= 4 is 212 Å². The molecule has 8 saturated heterocycles. The molecule has 140 heavy (non-hydrogen) atoms. The monoisotopic (exact) mass is 2570 g/mol. The van der Waals surface area contributed by atoms with Crippen molar-refractivity contribution in [1.29, 1.82) is 0 Å². The van der Waals surface area contributed by atoms with Crippen LogP contribution in [0, 0.1) is 71.0 Å². The second-order valence-electron chi connectivity index (χ2n) is 44.0. The largest absolute Gasteiger partial charge is 0.446 e. The molecule has 0 aromatic carbocycles. The average molecular weight is 2570 g/mol. The number of rotatable bonds is 36. The van der Waals surface area contributed by atoms with E-state index in [-0.39, 0.29) is 164 Å². The first kappa shape index (κ1) is 132. The SMILES string of the molecule is C.C/C(=C\I)[C@@H]1O[C@H](CC=O)[C@H](C)[C@H](C)[C@H]1C.C/C(=C\I)[C@@H]1O[C@H](CCO)[C@H](C)[C@H](C)[C@H]1C.C/C(=C\I)[C@@H]1O[C@H](CCOB(P)S)[C@H](C)[C@H](C)[C@H]1C.C=C1C[C@H](C[C@@H]2C[C@@H](O[Si](C)(C)C(C)(C)C)C[C@H](c3coc(/C=C/C[C@H]4O[C@@H](/C(C)=C/I)[C@H](C)[C@@H](C)[C@H]4C)n3)O2)O[C@@H](CCOB(P)S)C1.C=C1C[C@H](C[C@@H]2C[C@@H](O[Si](C)(C)C(C)(C)C)C[C@H](c3coc(COS(C)(=O)=O)n3)O2)O[C@@H](CCOB(P)S)C1. The average Bonchev–Trinajstić information content (AvgIpc) is 0.882. The first-order valence-corrected chi connectivity index (χ1v) is 66.7. The Balaban J connectivity index is 0.000000334. The molecular formula is C102H180B3I4N2O20P3S4Si2. The van der Waals surface area contributed by atoms with Gasteiger partial charge in [0, 0.05) is 58.5 Å². The van der Waals surface area contributed by atoms with Gasteiger partial charge in [-0.05, 0) is 250 Å². The molecule has 0 spiro atoms. The molecule has 22 nitrogen and oxygen atoms in total. The van der Waals surface area contributed by atoms with E-state index in [0.717, 1.165) is 102 Å². The van der Waals surface area contributed by atoms with Crippen molar-refractivity contribution < 1.29 is 92.0 Å². The highest BCUT2D eigenvalue weighted by Crippen LogP contribution is 2.49. The maximum absolute atomic E-state index is 11.4. The van der Waals surface area contributed by atoms with E-state index in [1.165, 1.54) is 39.7 Å². The number of hydrogen-bond donors (Lipinski definition) is 4. The normalized spacial score (nSPS) is 33.6. The summed E-state index contributed by atoms with van der Waals surface area (Å²) in [5.41, 5.74) is 9.04.